The van der Waals surface area contributed by atoms with Crippen LogP contribution < -0.4 is 11.1 Å². The number of hydrogen-bond donors (Lipinski definition) is 2. The second-order valence-electron chi connectivity index (χ2n) is 4.76. The van der Waals surface area contributed by atoms with E-state index in [-0.39, 0.29) is 5.91 Å². The molecule has 1 aromatic rings. The number of nitrogens with one attached hydrogen (secondary N) is 1. The third-order valence-electron chi connectivity index (χ3n) is 2.68. The van der Waals surface area contributed by atoms with Crippen molar-refractivity contribution in [1.82, 2.24) is 10.5 Å². The molecule has 0 aliphatic carbocycles. The maximum atomic E-state index is 11.7. The summed E-state index contributed by atoms with van der Waals surface area (Å²) in [4.78, 5) is 11.7. The molecule has 0 aliphatic rings. The number of amides is 1. The summed E-state index contributed by atoms with van der Waals surface area (Å²) in [5.74, 6) is 1.02. The lowest BCUT2D eigenvalue weighted by molar-refractivity contribution is -0.122. The van der Waals surface area contributed by atoms with Crippen LogP contribution in [-0.4, -0.2) is 17.1 Å². The van der Waals surface area contributed by atoms with Gasteiger partial charge in [0.25, 0.3) is 0 Å². The third-order valence-corrected chi connectivity index (χ3v) is 2.68. The zero-order valence-corrected chi connectivity index (χ0v) is 10.9. The fourth-order valence-electron chi connectivity index (χ4n) is 1.68. The van der Waals surface area contributed by atoms with Gasteiger partial charge in [-0.3, -0.25) is 4.79 Å². The van der Waals surface area contributed by atoms with Gasteiger partial charge in [-0.05, 0) is 26.2 Å². The van der Waals surface area contributed by atoms with Crippen molar-refractivity contribution >= 4 is 5.91 Å². The highest BCUT2D eigenvalue weighted by Gasteiger charge is 2.16. The Hall–Kier alpha value is -1.36. The fraction of sp³-hybridized carbons (Fsp3) is 0.667. The lowest BCUT2D eigenvalue weighted by Crippen LogP contribution is -2.41. The van der Waals surface area contributed by atoms with Crippen molar-refractivity contribution in [2.75, 3.05) is 0 Å². The van der Waals surface area contributed by atoms with Crippen LogP contribution in [0.3, 0.4) is 0 Å². The van der Waals surface area contributed by atoms with E-state index >= 15 is 0 Å². The summed E-state index contributed by atoms with van der Waals surface area (Å²) in [5, 5.41) is 6.64. The summed E-state index contributed by atoms with van der Waals surface area (Å²) in [6.45, 7) is 8.19. The highest BCUT2D eigenvalue weighted by atomic mass is 16.5. The molecule has 96 valence electrons. The lowest BCUT2D eigenvalue weighted by Gasteiger charge is -2.13. The quantitative estimate of drug-likeness (QED) is 0.811. The summed E-state index contributed by atoms with van der Waals surface area (Å²) >= 11 is 0. The Morgan fingerprint density at radius 2 is 2.12 bits per heavy atom. The normalized spacial score (nSPS) is 12.8. The Morgan fingerprint density at radius 3 is 2.59 bits per heavy atom. The molecule has 0 bridgehead atoms. The summed E-state index contributed by atoms with van der Waals surface area (Å²) in [6.07, 6.45) is 0.688. The molecule has 0 spiro atoms. The van der Waals surface area contributed by atoms with Crippen LogP contribution in [0.5, 0.6) is 0 Å². The average molecular weight is 239 g/mol. The molecule has 0 saturated heterocycles. The SMILES string of the molecule is Cc1noc(C)c1CNC(=O)[C@H](N)CC(C)C. The van der Waals surface area contributed by atoms with E-state index in [1.54, 1.807) is 0 Å². The van der Waals surface area contributed by atoms with E-state index in [2.05, 4.69) is 10.5 Å². The minimum absolute atomic E-state index is 0.126. The van der Waals surface area contributed by atoms with E-state index in [9.17, 15) is 4.79 Å². The Labute approximate surface area is 102 Å². The van der Waals surface area contributed by atoms with E-state index in [0.29, 0.717) is 18.9 Å². The first-order valence-electron chi connectivity index (χ1n) is 5.86. The van der Waals surface area contributed by atoms with Crippen LogP contribution in [0.4, 0.5) is 0 Å². The zero-order chi connectivity index (χ0) is 13.0. The van der Waals surface area contributed by atoms with Crippen molar-refractivity contribution in [2.45, 2.75) is 46.7 Å². The van der Waals surface area contributed by atoms with E-state index in [1.807, 2.05) is 27.7 Å². The van der Waals surface area contributed by atoms with Gasteiger partial charge in [0.05, 0.1) is 11.7 Å². The van der Waals surface area contributed by atoms with Gasteiger partial charge in [-0.15, -0.1) is 0 Å². The molecule has 17 heavy (non-hydrogen) atoms. The second-order valence-corrected chi connectivity index (χ2v) is 4.76. The molecule has 3 N–H and O–H groups in total. The average Bonchev–Trinajstić information content (AvgIpc) is 2.54. The predicted molar refractivity (Wildman–Crippen MR) is 65.3 cm³/mol. The monoisotopic (exact) mass is 239 g/mol. The molecular weight excluding hydrogens is 218 g/mol. The van der Waals surface area contributed by atoms with Crippen LogP contribution >= 0.6 is 0 Å². The molecule has 0 aromatic carbocycles. The fourth-order valence-corrected chi connectivity index (χ4v) is 1.68. The first-order valence-corrected chi connectivity index (χ1v) is 5.86. The zero-order valence-electron chi connectivity index (χ0n) is 10.9. The minimum Gasteiger partial charge on any atom is -0.361 e. The summed E-state index contributed by atoms with van der Waals surface area (Å²) in [6, 6.07) is -0.449. The number of rotatable bonds is 5. The number of aryl methyl sites for hydroxylation is 2. The van der Waals surface area contributed by atoms with Crippen LogP contribution in [-0.2, 0) is 11.3 Å². The van der Waals surface area contributed by atoms with Crippen LogP contribution in [0.1, 0.15) is 37.3 Å². The largest absolute Gasteiger partial charge is 0.361 e. The Balaban J connectivity index is 2.48. The molecular formula is C12H21N3O2. The van der Waals surface area contributed by atoms with Gasteiger partial charge in [0.2, 0.25) is 5.91 Å². The predicted octanol–water partition coefficient (Wildman–Crippen LogP) is 1.28. The van der Waals surface area contributed by atoms with Gasteiger partial charge in [-0.1, -0.05) is 19.0 Å². The Morgan fingerprint density at radius 1 is 1.47 bits per heavy atom. The van der Waals surface area contributed by atoms with Crippen LogP contribution in [0.15, 0.2) is 4.52 Å². The van der Waals surface area contributed by atoms with Gasteiger partial charge in [0.15, 0.2) is 0 Å². The van der Waals surface area contributed by atoms with Crippen LogP contribution in [0, 0.1) is 19.8 Å². The van der Waals surface area contributed by atoms with E-state index in [0.717, 1.165) is 17.0 Å². The summed E-state index contributed by atoms with van der Waals surface area (Å²) < 4.78 is 5.02. The highest BCUT2D eigenvalue weighted by Crippen LogP contribution is 2.11. The molecule has 1 atom stereocenters. The summed E-state index contributed by atoms with van der Waals surface area (Å²) in [7, 11) is 0. The van der Waals surface area contributed by atoms with Gasteiger partial charge in [0, 0.05) is 12.1 Å². The number of nitrogens with zero attached hydrogens (tertiary/aromatic N) is 1. The van der Waals surface area contributed by atoms with Crippen molar-refractivity contribution in [3.63, 3.8) is 0 Å². The number of hydrogen-bond acceptors (Lipinski definition) is 4. The number of aromatic nitrogens is 1. The van der Waals surface area contributed by atoms with Gasteiger partial charge in [0.1, 0.15) is 5.76 Å². The van der Waals surface area contributed by atoms with Crippen molar-refractivity contribution < 1.29 is 9.32 Å². The van der Waals surface area contributed by atoms with E-state index in [1.165, 1.54) is 0 Å². The molecule has 1 rings (SSSR count). The van der Waals surface area contributed by atoms with Crippen molar-refractivity contribution in [2.24, 2.45) is 11.7 Å². The second kappa shape index (κ2) is 5.82. The van der Waals surface area contributed by atoms with Gasteiger partial charge in [-0.25, -0.2) is 0 Å². The lowest BCUT2D eigenvalue weighted by atomic mass is 10.0. The maximum absolute atomic E-state index is 11.7. The number of carbonyl (C=O) groups excluding carboxylic acids is 1. The van der Waals surface area contributed by atoms with Crippen LogP contribution in [0.2, 0.25) is 0 Å². The van der Waals surface area contributed by atoms with E-state index in [4.69, 9.17) is 10.3 Å². The molecule has 0 fully saturated rings. The maximum Gasteiger partial charge on any atom is 0.237 e. The molecule has 0 unspecified atom stereocenters. The highest BCUT2D eigenvalue weighted by molar-refractivity contribution is 5.81. The Kier molecular flexibility index (Phi) is 4.69. The first kappa shape index (κ1) is 13.7. The topological polar surface area (TPSA) is 81.2 Å². The molecule has 1 amide bonds. The summed E-state index contributed by atoms with van der Waals surface area (Å²) in [5.41, 5.74) is 7.51. The molecule has 0 aliphatic heterocycles. The van der Waals surface area contributed by atoms with Gasteiger partial charge >= 0.3 is 0 Å². The molecule has 5 nitrogen and oxygen atoms in total. The van der Waals surface area contributed by atoms with E-state index < -0.39 is 6.04 Å². The smallest absolute Gasteiger partial charge is 0.237 e. The van der Waals surface area contributed by atoms with Crippen molar-refractivity contribution in [1.29, 1.82) is 0 Å². The molecule has 0 saturated carbocycles. The standard InChI is InChI=1S/C12H21N3O2/c1-7(2)5-11(13)12(16)14-6-10-8(3)15-17-9(10)4/h7,11H,5-6,13H2,1-4H3,(H,14,16)/t11-/m1/s1. The molecule has 1 heterocycles. The third kappa shape index (κ3) is 3.85. The van der Waals surface area contributed by atoms with Crippen molar-refractivity contribution in [3.8, 4) is 0 Å². The van der Waals surface area contributed by atoms with Crippen LogP contribution in [0.25, 0.3) is 0 Å². The number of carbonyl (C=O) groups is 1. The Bertz CT molecular complexity index is 366. The number of nitrogens with two attached hydrogens (primary N) is 1. The molecule has 0 radical (unpaired) electrons. The van der Waals surface area contributed by atoms with Gasteiger partial charge < -0.3 is 15.6 Å². The molecule has 1 aromatic heterocycles. The minimum atomic E-state index is -0.449. The first-order chi connectivity index (χ1) is 7.91. The molecule has 5 heteroatoms. The van der Waals surface area contributed by atoms with Gasteiger partial charge in [-0.2, -0.15) is 0 Å². The van der Waals surface area contributed by atoms with Crippen molar-refractivity contribution in [3.05, 3.63) is 17.0 Å².